The number of rotatable bonds is 2. The average molecular weight is 271 g/mol. The zero-order chi connectivity index (χ0) is 13.3. The second kappa shape index (κ2) is 5.19. The van der Waals surface area contributed by atoms with Crippen LogP contribution in [-0.2, 0) is 9.59 Å². The summed E-state index contributed by atoms with van der Waals surface area (Å²) in [6, 6.07) is 0. The summed E-state index contributed by atoms with van der Waals surface area (Å²) in [5.41, 5.74) is 5.25. The fourth-order valence-corrected chi connectivity index (χ4v) is 2.86. The zero-order valence-corrected chi connectivity index (χ0v) is 10.8. The van der Waals surface area contributed by atoms with E-state index < -0.39 is 11.8 Å². The van der Waals surface area contributed by atoms with Crippen LogP contribution in [0.3, 0.4) is 0 Å². The molecule has 7 heteroatoms. The lowest BCUT2D eigenvalue weighted by atomic mass is 10.00. The normalized spacial score (nSPS) is 30.1. The van der Waals surface area contributed by atoms with Gasteiger partial charge in [0.25, 0.3) is 0 Å². The number of nitrogens with one attached hydrogen (secondary N) is 1. The number of carbonyl (C=O) groups is 2. The number of aliphatic hydroxyl groups excluding tert-OH is 1. The maximum absolute atomic E-state index is 11.8. The standard InChI is InChI=1S/C11H17N3O3S/c12-9(18)3-13-10(16)11(17)14-4-6-1-2-8(15)7(6)5-14/h6-8,15H,1-5H2,(H2,12,18)(H,13,16). The van der Waals surface area contributed by atoms with E-state index in [1.165, 1.54) is 4.90 Å². The number of aliphatic hydroxyl groups is 1. The molecule has 0 radical (unpaired) electrons. The van der Waals surface area contributed by atoms with Crippen LogP contribution in [0.2, 0.25) is 0 Å². The topological polar surface area (TPSA) is 95.7 Å². The van der Waals surface area contributed by atoms with Crippen LogP contribution in [0, 0.1) is 11.8 Å². The van der Waals surface area contributed by atoms with E-state index >= 15 is 0 Å². The van der Waals surface area contributed by atoms with Crippen molar-refractivity contribution in [3.05, 3.63) is 0 Å². The predicted octanol–water partition coefficient (Wildman–Crippen LogP) is -1.38. The number of fused-ring (bicyclic) bond motifs is 1. The van der Waals surface area contributed by atoms with Gasteiger partial charge in [0.1, 0.15) is 0 Å². The summed E-state index contributed by atoms with van der Waals surface area (Å²) in [5, 5.41) is 12.1. The van der Waals surface area contributed by atoms with Gasteiger partial charge >= 0.3 is 11.8 Å². The van der Waals surface area contributed by atoms with Crippen molar-refractivity contribution < 1.29 is 14.7 Å². The number of nitrogens with two attached hydrogens (primary N) is 1. The average Bonchev–Trinajstić information content (AvgIpc) is 2.88. The molecule has 2 amide bonds. The Balaban J connectivity index is 1.87. The van der Waals surface area contributed by atoms with Gasteiger partial charge < -0.3 is 21.1 Å². The summed E-state index contributed by atoms with van der Waals surface area (Å²) in [5.74, 6) is -0.796. The molecule has 3 unspecified atom stereocenters. The molecule has 0 aromatic heterocycles. The molecule has 4 N–H and O–H groups in total. The highest BCUT2D eigenvalue weighted by atomic mass is 32.1. The Morgan fingerprint density at radius 3 is 2.72 bits per heavy atom. The number of likely N-dealkylation sites (tertiary alicyclic amines) is 1. The Labute approximate surface area is 111 Å². The van der Waals surface area contributed by atoms with Crippen molar-refractivity contribution in [3.63, 3.8) is 0 Å². The zero-order valence-electron chi connectivity index (χ0n) is 9.96. The first-order valence-electron chi connectivity index (χ1n) is 6.02. The second-order valence-corrected chi connectivity index (χ2v) is 5.45. The first kappa shape index (κ1) is 13.2. The van der Waals surface area contributed by atoms with Crippen molar-refractivity contribution >= 4 is 29.0 Å². The molecule has 2 fully saturated rings. The van der Waals surface area contributed by atoms with E-state index in [9.17, 15) is 14.7 Å². The number of carbonyl (C=O) groups excluding carboxylic acids is 2. The fraction of sp³-hybridized carbons (Fsp3) is 0.727. The summed E-state index contributed by atoms with van der Waals surface area (Å²) in [6.45, 7) is 1.05. The lowest BCUT2D eigenvalue weighted by molar-refractivity contribution is -0.145. The number of hydrogen-bond acceptors (Lipinski definition) is 4. The van der Waals surface area contributed by atoms with Crippen molar-refractivity contribution in [1.82, 2.24) is 10.2 Å². The highest BCUT2D eigenvalue weighted by molar-refractivity contribution is 7.80. The molecule has 0 aromatic carbocycles. The Kier molecular flexibility index (Phi) is 3.82. The molecule has 2 rings (SSSR count). The third-order valence-corrected chi connectivity index (χ3v) is 3.87. The maximum atomic E-state index is 11.8. The van der Waals surface area contributed by atoms with E-state index in [0.717, 1.165) is 12.8 Å². The van der Waals surface area contributed by atoms with Crippen LogP contribution in [0.5, 0.6) is 0 Å². The van der Waals surface area contributed by atoms with Crippen LogP contribution < -0.4 is 11.1 Å². The first-order chi connectivity index (χ1) is 8.49. The number of amides is 2. The molecule has 0 bridgehead atoms. The van der Waals surface area contributed by atoms with Crippen molar-refractivity contribution in [2.75, 3.05) is 19.6 Å². The highest BCUT2D eigenvalue weighted by Crippen LogP contribution is 2.37. The number of nitrogens with zero attached hydrogens (tertiary/aromatic N) is 1. The second-order valence-electron chi connectivity index (χ2n) is 4.93. The van der Waals surface area contributed by atoms with Crippen LogP contribution in [0.25, 0.3) is 0 Å². The number of hydrogen-bond donors (Lipinski definition) is 3. The third kappa shape index (κ3) is 2.62. The SMILES string of the molecule is NC(=S)CNC(=O)C(=O)N1CC2CCC(O)C2C1. The van der Waals surface area contributed by atoms with E-state index in [-0.39, 0.29) is 23.6 Å². The minimum Gasteiger partial charge on any atom is -0.393 e. The molecule has 0 aromatic rings. The summed E-state index contributed by atoms with van der Waals surface area (Å²) in [6.07, 6.45) is 1.38. The molecular formula is C11H17N3O3S. The van der Waals surface area contributed by atoms with Gasteiger partial charge in [-0.25, -0.2) is 0 Å². The van der Waals surface area contributed by atoms with Crippen molar-refractivity contribution in [2.45, 2.75) is 18.9 Å². The quantitative estimate of drug-likeness (QED) is 0.425. The molecule has 1 saturated heterocycles. The van der Waals surface area contributed by atoms with Crippen LogP contribution in [0.15, 0.2) is 0 Å². The smallest absolute Gasteiger partial charge is 0.311 e. The molecule has 1 aliphatic carbocycles. The summed E-state index contributed by atoms with van der Waals surface area (Å²) >= 11 is 4.62. The molecule has 1 saturated carbocycles. The Bertz CT molecular complexity index is 388. The summed E-state index contributed by atoms with van der Waals surface area (Å²) in [4.78, 5) is 25.0. The van der Waals surface area contributed by atoms with Crippen LogP contribution in [-0.4, -0.2) is 52.5 Å². The lowest BCUT2D eigenvalue weighted by Gasteiger charge is -2.17. The van der Waals surface area contributed by atoms with Gasteiger partial charge in [0.2, 0.25) is 0 Å². The van der Waals surface area contributed by atoms with E-state index in [4.69, 9.17) is 5.73 Å². The van der Waals surface area contributed by atoms with E-state index in [0.29, 0.717) is 19.0 Å². The van der Waals surface area contributed by atoms with Crippen molar-refractivity contribution in [2.24, 2.45) is 17.6 Å². The molecule has 0 spiro atoms. The molecule has 18 heavy (non-hydrogen) atoms. The molecule has 100 valence electrons. The number of thiocarbonyl (C=S) groups is 1. The Morgan fingerprint density at radius 1 is 1.39 bits per heavy atom. The van der Waals surface area contributed by atoms with E-state index in [1.54, 1.807) is 0 Å². The van der Waals surface area contributed by atoms with Crippen LogP contribution >= 0.6 is 12.2 Å². The van der Waals surface area contributed by atoms with Gasteiger partial charge in [0.15, 0.2) is 0 Å². The molecule has 6 nitrogen and oxygen atoms in total. The minimum atomic E-state index is -0.683. The predicted molar refractivity (Wildman–Crippen MR) is 68.6 cm³/mol. The molecule has 3 atom stereocenters. The highest BCUT2D eigenvalue weighted by Gasteiger charge is 2.44. The third-order valence-electron chi connectivity index (χ3n) is 3.72. The first-order valence-corrected chi connectivity index (χ1v) is 6.43. The van der Waals surface area contributed by atoms with Crippen molar-refractivity contribution in [3.8, 4) is 0 Å². The molecule has 2 aliphatic rings. The largest absolute Gasteiger partial charge is 0.393 e. The van der Waals surface area contributed by atoms with Gasteiger partial charge in [-0.05, 0) is 18.8 Å². The summed E-state index contributed by atoms with van der Waals surface area (Å²) < 4.78 is 0. The Morgan fingerprint density at radius 2 is 2.11 bits per heavy atom. The van der Waals surface area contributed by atoms with Crippen LogP contribution in [0.1, 0.15) is 12.8 Å². The van der Waals surface area contributed by atoms with Crippen molar-refractivity contribution in [1.29, 1.82) is 0 Å². The minimum absolute atomic E-state index is 0.0310. The van der Waals surface area contributed by atoms with Gasteiger partial charge in [-0.2, -0.15) is 0 Å². The summed E-state index contributed by atoms with van der Waals surface area (Å²) in [7, 11) is 0. The molecule has 1 aliphatic heterocycles. The molecule has 1 heterocycles. The van der Waals surface area contributed by atoms with Gasteiger partial charge in [-0.15, -0.1) is 0 Å². The monoisotopic (exact) mass is 271 g/mol. The Hall–Kier alpha value is -1.21. The lowest BCUT2D eigenvalue weighted by Crippen LogP contribution is -2.44. The van der Waals surface area contributed by atoms with Gasteiger partial charge in [0, 0.05) is 19.0 Å². The van der Waals surface area contributed by atoms with Crippen LogP contribution in [0.4, 0.5) is 0 Å². The van der Waals surface area contributed by atoms with Gasteiger partial charge in [-0.3, -0.25) is 9.59 Å². The fourth-order valence-electron chi connectivity index (χ4n) is 2.79. The van der Waals surface area contributed by atoms with E-state index in [2.05, 4.69) is 17.5 Å². The van der Waals surface area contributed by atoms with E-state index in [1.807, 2.05) is 0 Å². The molecular weight excluding hydrogens is 254 g/mol. The van der Waals surface area contributed by atoms with Gasteiger partial charge in [0.05, 0.1) is 17.6 Å². The van der Waals surface area contributed by atoms with Gasteiger partial charge in [-0.1, -0.05) is 12.2 Å². The maximum Gasteiger partial charge on any atom is 0.311 e.